The number of nitrogens with zero attached hydrogens (tertiary/aromatic N) is 7. The number of benzene rings is 2. The number of likely N-dealkylation sites (N-methyl/N-ethyl adjacent to an activating group) is 1. The maximum Gasteiger partial charge on any atom is 0.224 e. The normalized spacial score (nSPS) is 16.2. The number of aromatic nitrogens is 3. The standard InChI is InChI=1S/C48H70N10O3/c1-6-36(7-2)29-51-48-52-31-43-42(30-50-47(43)53-48)40-14-11-38(12-15-40)32-57-24-26-58(27-25-57)33-39-19-22-56(23-20-39)21-9-8-10-37-13-17-44(45(28-37)54(4)35-60)55(5)41(34-59)16-18-46(61)49-3/h11-15,17,28,30-31,34-36,39,41H,6-10,16,18-27,29,32-33H2,1-5H3,(H,49,61)(H2,50,51,52,53). The number of amides is 2. The third kappa shape index (κ3) is 12.6. The molecule has 2 aromatic carbocycles. The van der Waals surface area contributed by atoms with Crippen LogP contribution in [0.1, 0.15) is 76.3 Å². The van der Waals surface area contributed by atoms with Crippen LogP contribution in [-0.4, -0.2) is 134 Å². The van der Waals surface area contributed by atoms with E-state index in [1.807, 2.05) is 30.4 Å². The molecule has 0 saturated carbocycles. The summed E-state index contributed by atoms with van der Waals surface area (Å²) in [4.78, 5) is 59.6. The molecular weight excluding hydrogens is 765 g/mol. The predicted octanol–water partition coefficient (Wildman–Crippen LogP) is 6.45. The first-order valence-corrected chi connectivity index (χ1v) is 22.8. The number of likely N-dealkylation sites (tertiary alicyclic amines) is 1. The molecule has 0 spiro atoms. The van der Waals surface area contributed by atoms with Crippen LogP contribution < -0.4 is 20.4 Å². The summed E-state index contributed by atoms with van der Waals surface area (Å²) in [6.07, 6.45) is 14.3. The van der Waals surface area contributed by atoms with Crippen molar-refractivity contribution >= 4 is 47.0 Å². The second kappa shape index (κ2) is 22.8. The first-order valence-electron chi connectivity index (χ1n) is 22.8. The molecule has 61 heavy (non-hydrogen) atoms. The molecular formula is C48H70N10O3. The Hall–Kier alpha value is -4.85. The van der Waals surface area contributed by atoms with Crippen LogP contribution >= 0.6 is 0 Å². The molecule has 1 atom stereocenters. The van der Waals surface area contributed by atoms with E-state index in [9.17, 15) is 14.4 Å². The van der Waals surface area contributed by atoms with Gasteiger partial charge in [-0.05, 0) is 98.8 Å². The lowest BCUT2D eigenvalue weighted by Crippen LogP contribution is -2.48. The SMILES string of the molecule is CCC(CC)CNc1ncc2c(-c3ccc(CN4CCN(CC5CCN(CCCCc6ccc(N(C)C(C=O)CCC(=O)NC)c(N(C)C=O)c6)CC5)CC4)cc3)c[nH]c2n1. The number of carbonyl (C=O) groups is 3. The molecule has 330 valence electrons. The smallest absolute Gasteiger partial charge is 0.224 e. The highest BCUT2D eigenvalue weighted by Crippen LogP contribution is 2.32. The number of piperazine rings is 1. The van der Waals surface area contributed by atoms with Gasteiger partial charge in [0, 0.05) is 96.7 Å². The highest BCUT2D eigenvalue weighted by Gasteiger charge is 2.25. The molecule has 2 saturated heterocycles. The van der Waals surface area contributed by atoms with Gasteiger partial charge in [-0.3, -0.25) is 14.5 Å². The Kier molecular flexibility index (Phi) is 17.1. The number of carbonyl (C=O) groups excluding carboxylic acids is 3. The molecule has 13 nitrogen and oxygen atoms in total. The van der Waals surface area contributed by atoms with Gasteiger partial charge in [0.1, 0.15) is 11.9 Å². The van der Waals surface area contributed by atoms with Crippen molar-refractivity contribution in [1.29, 1.82) is 0 Å². The van der Waals surface area contributed by atoms with Crippen LogP contribution in [0.4, 0.5) is 17.3 Å². The summed E-state index contributed by atoms with van der Waals surface area (Å²) in [7, 11) is 5.18. The third-order valence-electron chi connectivity index (χ3n) is 13.2. The van der Waals surface area contributed by atoms with Gasteiger partial charge in [0.25, 0.3) is 0 Å². The summed E-state index contributed by atoms with van der Waals surface area (Å²) >= 11 is 0. The largest absolute Gasteiger partial charge is 0.363 e. The number of nitrogens with one attached hydrogen (secondary N) is 3. The molecule has 4 heterocycles. The molecule has 6 rings (SSSR count). The molecule has 4 aromatic rings. The van der Waals surface area contributed by atoms with Crippen molar-refractivity contribution in [3.8, 4) is 11.1 Å². The van der Waals surface area contributed by atoms with Crippen molar-refractivity contribution in [1.82, 2.24) is 35.0 Å². The molecule has 2 aromatic heterocycles. The maximum atomic E-state index is 11.9. The highest BCUT2D eigenvalue weighted by molar-refractivity contribution is 5.93. The van der Waals surface area contributed by atoms with Gasteiger partial charge in [0.2, 0.25) is 18.3 Å². The van der Waals surface area contributed by atoms with Crippen LogP contribution in [0.3, 0.4) is 0 Å². The monoisotopic (exact) mass is 835 g/mol. The fourth-order valence-corrected chi connectivity index (χ4v) is 8.94. The summed E-state index contributed by atoms with van der Waals surface area (Å²) in [6, 6.07) is 14.7. The van der Waals surface area contributed by atoms with E-state index in [0.717, 1.165) is 125 Å². The predicted molar refractivity (Wildman–Crippen MR) is 248 cm³/mol. The lowest BCUT2D eigenvalue weighted by atomic mass is 9.95. The number of aromatic amines is 1. The van der Waals surface area contributed by atoms with Crippen molar-refractivity contribution in [3.05, 3.63) is 66.0 Å². The first kappa shape index (κ1) is 45.7. The van der Waals surface area contributed by atoms with Crippen LogP contribution in [0.5, 0.6) is 0 Å². The first-order chi connectivity index (χ1) is 29.7. The Morgan fingerprint density at radius 1 is 0.918 bits per heavy atom. The number of hydrogen-bond acceptors (Lipinski definition) is 10. The fourth-order valence-electron chi connectivity index (χ4n) is 8.94. The Bertz CT molecular complexity index is 1980. The van der Waals surface area contributed by atoms with Crippen LogP contribution in [-0.2, 0) is 27.3 Å². The van der Waals surface area contributed by atoms with Crippen molar-refractivity contribution in [3.63, 3.8) is 0 Å². The van der Waals surface area contributed by atoms with E-state index in [2.05, 4.69) is 85.5 Å². The minimum atomic E-state index is -0.465. The van der Waals surface area contributed by atoms with Crippen molar-refractivity contribution < 1.29 is 14.4 Å². The quantitative estimate of drug-likeness (QED) is 0.0566. The second-order valence-electron chi connectivity index (χ2n) is 17.3. The lowest BCUT2D eigenvalue weighted by Gasteiger charge is -2.39. The highest BCUT2D eigenvalue weighted by atomic mass is 16.1. The van der Waals surface area contributed by atoms with Gasteiger partial charge in [0.15, 0.2) is 0 Å². The summed E-state index contributed by atoms with van der Waals surface area (Å²) in [5.74, 6) is 1.99. The number of fused-ring (bicyclic) bond motifs is 1. The van der Waals surface area contributed by atoms with E-state index in [0.29, 0.717) is 18.3 Å². The Balaban J connectivity index is 0.876. The zero-order valence-electron chi connectivity index (χ0n) is 37.4. The van der Waals surface area contributed by atoms with E-state index in [1.165, 1.54) is 49.2 Å². The van der Waals surface area contributed by atoms with E-state index in [-0.39, 0.29) is 12.3 Å². The molecule has 0 radical (unpaired) electrons. The van der Waals surface area contributed by atoms with Gasteiger partial charge in [-0.2, -0.15) is 4.98 Å². The van der Waals surface area contributed by atoms with E-state index in [1.54, 1.807) is 19.0 Å². The summed E-state index contributed by atoms with van der Waals surface area (Å²) < 4.78 is 0. The van der Waals surface area contributed by atoms with Gasteiger partial charge in [-0.15, -0.1) is 0 Å². The van der Waals surface area contributed by atoms with Gasteiger partial charge in [-0.1, -0.05) is 57.0 Å². The van der Waals surface area contributed by atoms with Gasteiger partial charge in [0.05, 0.1) is 17.4 Å². The summed E-state index contributed by atoms with van der Waals surface area (Å²) in [6.45, 7) is 15.5. The number of aldehydes is 1. The molecule has 2 aliphatic heterocycles. The van der Waals surface area contributed by atoms with E-state index < -0.39 is 6.04 Å². The molecule has 13 heteroatoms. The number of piperidine rings is 1. The third-order valence-corrected chi connectivity index (χ3v) is 13.2. The number of rotatable bonds is 23. The summed E-state index contributed by atoms with van der Waals surface area (Å²) in [5, 5.41) is 7.07. The molecule has 2 fully saturated rings. The Morgan fingerprint density at radius 2 is 1.64 bits per heavy atom. The van der Waals surface area contributed by atoms with E-state index in [4.69, 9.17) is 4.98 Å². The van der Waals surface area contributed by atoms with Crippen molar-refractivity contribution in [2.24, 2.45) is 11.8 Å². The Labute approximate surface area is 363 Å². The number of anilines is 3. The minimum absolute atomic E-state index is 0.0980. The maximum absolute atomic E-state index is 11.9. The average molecular weight is 835 g/mol. The topological polar surface area (TPSA) is 133 Å². The van der Waals surface area contributed by atoms with Gasteiger partial charge >= 0.3 is 0 Å². The van der Waals surface area contributed by atoms with Crippen LogP contribution in [0.15, 0.2) is 54.9 Å². The van der Waals surface area contributed by atoms with Crippen LogP contribution in [0.25, 0.3) is 22.2 Å². The molecule has 3 N–H and O–H groups in total. The van der Waals surface area contributed by atoms with Crippen LogP contribution in [0, 0.1) is 11.8 Å². The van der Waals surface area contributed by atoms with E-state index >= 15 is 0 Å². The number of hydrogen-bond donors (Lipinski definition) is 3. The molecule has 2 amide bonds. The summed E-state index contributed by atoms with van der Waals surface area (Å²) in [5.41, 5.74) is 7.28. The lowest BCUT2D eigenvalue weighted by molar-refractivity contribution is -0.120. The van der Waals surface area contributed by atoms with Crippen molar-refractivity contribution in [2.75, 3.05) is 95.2 Å². The number of unbranched alkanes of at least 4 members (excludes halogenated alkanes) is 1. The number of aryl methyl sites for hydroxylation is 1. The second-order valence-corrected chi connectivity index (χ2v) is 17.3. The molecule has 0 bridgehead atoms. The minimum Gasteiger partial charge on any atom is -0.363 e. The fraction of sp³-hybridized carbons (Fsp3) is 0.562. The molecule has 1 unspecified atom stereocenters. The Morgan fingerprint density at radius 3 is 2.33 bits per heavy atom. The van der Waals surface area contributed by atoms with Crippen LogP contribution in [0.2, 0.25) is 0 Å². The van der Waals surface area contributed by atoms with Gasteiger partial charge < -0.3 is 40.0 Å². The molecule has 2 aliphatic rings. The number of H-pyrrole nitrogens is 1. The van der Waals surface area contributed by atoms with Crippen molar-refractivity contribution in [2.45, 2.75) is 84.2 Å². The average Bonchev–Trinajstić information content (AvgIpc) is 3.72. The zero-order valence-corrected chi connectivity index (χ0v) is 37.4. The molecule has 0 aliphatic carbocycles. The van der Waals surface area contributed by atoms with Gasteiger partial charge in [-0.25, -0.2) is 4.98 Å². The zero-order chi connectivity index (χ0) is 43.1.